The number of benzene rings is 1. The van der Waals surface area contributed by atoms with Gasteiger partial charge in [0.1, 0.15) is 24.4 Å². The first-order valence-corrected chi connectivity index (χ1v) is 9.95. The molecule has 1 unspecified atom stereocenters. The van der Waals surface area contributed by atoms with Crippen molar-refractivity contribution in [3.63, 3.8) is 0 Å². The van der Waals surface area contributed by atoms with Gasteiger partial charge in [0.05, 0.1) is 11.7 Å². The molecule has 2 aromatic rings. The molecule has 1 saturated heterocycles. The molecule has 2 aliphatic heterocycles. The van der Waals surface area contributed by atoms with Gasteiger partial charge in [-0.1, -0.05) is 6.92 Å². The van der Waals surface area contributed by atoms with Crippen molar-refractivity contribution < 1.29 is 39.1 Å². The monoisotopic (exact) mass is 422 g/mol. The predicted octanol–water partition coefficient (Wildman–Crippen LogP) is 0.464. The summed E-state index contributed by atoms with van der Waals surface area (Å²) in [5.41, 5.74) is -0.910. The summed E-state index contributed by atoms with van der Waals surface area (Å²) in [6.45, 7) is 5.02. The largest absolute Gasteiger partial charge is 0.483 e. The third-order valence-electron chi connectivity index (χ3n) is 5.66. The van der Waals surface area contributed by atoms with Crippen molar-refractivity contribution in [3.8, 4) is 11.5 Å². The highest BCUT2D eigenvalue weighted by molar-refractivity contribution is 5.87. The number of aliphatic hydroxyl groups excluding tert-OH is 3. The Labute approximate surface area is 172 Å². The molecule has 0 amide bonds. The van der Waals surface area contributed by atoms with Crippen LogP contribution in [0.1, 0.15) is 32.8 Å². The molecule has 30 heavy (non-hydrogen) atoms. The minimum Gasteiger partial charge on any atom is -0.483 e. The van der Waals surface area contributed by atoms with Gasteiger partial charge in [-0.2, -0.15) is 0 Å². The summed E-state index contributed by atoms with van der Waals surface area (Å²) < 4.78 is 22.9. The second-order valence-electron chi connectivity index (χ2n) is 8.37. The Morgan fingerprint density at radius 1 is 1.17 bits per heavy atom. The standard InChI is InChI=1S/C21H26O9/c1-4-11-14(23)15(24)16(25)20(27-11)30-19-17-9(5-6-13(22)29-17)7-10-8-12(21(2,3)26)28-18(10)19/h5-7,11-12,14-16,20,23-26H,4,8H2,1-3H3/t11-,12?,14-,15+,16-,20+/m1/s1. The Bertz CT molecular complexity index is 990. The smallest absolute Gasteiger partial charge is 0.336 e. The summed E-state index contributed by atoms with van der Waals surface area (Å²) in [6, 6.07) is 4.65. The minimum absolute atomic E-state index is 0.0365. The van der Waals surface area contributed by atoms with Crippen LogP contribution in [0, 0.1) is 0 Å². The third kappa shape index (κ3) is 3.57. The number of fused-ring (bicyclic) bond motifs is 2. The SMILES string of the molecule is CC[C@H]1O[C@@H](Oc2c3c(cc4ccc(=O)oc24)CC(C(C)(C)O)O3)[C@H](O)[C@@H](O)[C@@H]1O. The van der Waals surface area contributed by atoms with Gasteiger partial charge in [-0.3, -0.25) is 0 Å². The molecule has 3 heterocycles. The van der Waals surface area contributed by atoms with Gasteiger partial charge in [-0.25, -0.2) is 4.79 Å². The lowest BCUT2D eigenvalue weighted by Crippen LogP contribution is -2.58. The number of hydrogen-bond donors (Lipinski definition) is 4. The molecule has 164 valence electrons. The van der Waals surface area contributed by atoms with E-state index in [-0.39, 0.29) is 17.1 Å². The molecule has 2 aliphatic rings. The summed E-state index contributed by atoms with van der Waals surface area (Å²) in [7, 11) is 0. The Balaban J connectivity index is 1.78. The van der Waals surface area contributed by atoms with E-state index in [1.54, 1.807) is 32.9 Å². The zero-order chi connectivity index (χ0) is 21.8. The van der Waals surface area contributed by atoms with E-state index in [1.165, 1.54) is 6.07 Å². The van der Waals surface area contributed by atoms with Gasteiger partial charge in [0, 0.05) is 23.4 Å². The molecular weight excluding hydrogens is 396 g/mol. The molecule has 9 nitrogen and oxygen atoms in total. The van der Waals surface area contributed by atoms with Crippen molar-refractivity contribution in [1.82, 2.24) is 0 Å². The summed E-state index contributed by atoms with van der Waals surface area (Å²) in [5.74, 6) is 0.308. The zero-order valence-electron chi connectivity index (χ0n) is 16.9. The van der Waals surface area contributed by atoms with Gasteiger partial charge in [-0.15, -0.1) is 0 Å². The second-order valence-corrected chi connectivity index (χ2v) is 8.37. The van der Waals surface area contributed by atoms with Gasteiger partial charge < -0.3 is 39.1 Å². The first kappa shape index (κ1) is 21.1. The van der Waals surface area contributed by atoms with E-state index < -0.39 is 48.0 Å². The Hall–Kier alpha value is -2.17. The quantitative estimate of drug-likeness (QED) is 0.518. The molecule has 4 N–H and O–H groups in total. The summed E-state index contributed by atoms with van der Waals surface area (Å²) in [6.07, 6.45) is -6.17. The Morgan fingerprint density at radius 2 is 1.90 bits per heavy atom. The molecule has 0 bridgehead atoms. The van der Waals surface area contributed by atoms with Gasteiger partial charge in [-0.05, 0) is 32.4 Å². The van der Waals surface area contributed by atoms with Crippen molar-refractivity contribution >= 4 is 11.0 Å². The van der Waals surface area contributed by atoms with Gasteiger partial charge in [0.2, 0.25) is 12.0 Å². The molecule has 1 fully saturated rings. The zero-order valence-corrected chi connectivity index (χ0v) is 16.9. The molecule has 0 saturated carbocycles. The summed E-state index contributed by atoms with van der Waals surface area (Å²) in [4.78, 5) is 11.9. The van der Waals surface area contributed by atoms with Crippen LogP contribution in [0.3, 0.4) is 0 Å². The van der Waals surface area contributed by atoms with Crippen LogP contribution in [-0.4, -0.2) is 62.8 Å². The second kappa shape index (κ2) is 7.51. The number of ether oxygens (including phenoxy) is 3. The Morgan fingerprint density at radius 3 is 2.57 bits per heavy atom. The van der Waals surface area contributed by atoms with E-state index in [1.807, 2.05) is 0 Å². The van der Waals surface area contributed by atoms with E-state index in [0.717, 1.165) is 5.56 Å². The lowest BCUT2D eigenvalue weighted by molar-refractivity contribution is -0.272. The predicted molar refractivity (Wildman–Crippen MR) is 105 cm³/mol. The van der Waals surface area contributed by atoms with Crippen molar-refractivity contribution in [3.05, 3.63) is 34.2 Å². The van der Waals surface area contributed by atoms with Crippen molar-refractivity contribution in [2.45, 2.75) is 76.0 Å². The fourth-order valence-electron chi connectivity index (χ4n) is 3.85. The molecule has 1 aromatic carbocycles. The lowest BCUT2D eigenvalue weighted by atomic mass is 9.96. The topological polar surface area (TPSA) is 139 Å². The van der Waals surface area contributed by atoms with E-state index in [2.05, 4.69) is 0 Å². The number of rotatable bonds is 4. The van der Waals surface area contributed by atoms with Crippen LogP contribution >= 0.6 is 0 Å². The highest BCUT2D eigenvalue weighted by Crippen LogP contribution is 2.46. The molecule has 0 radical (unpaired) electrons. The molecule has 9 heteroatoms. The van der Waals surface area contributed by atoms with Gasteiger partial charge in [0.25, 0.3) is 0 Å². The highest BCUT2D eigenvalue weighted by Gasteiger charge is 2.45. The maximum atomic E-state index is 11.9. The summed E-state index contributed by atoms with van der Waals surface area (Å²) in [5, 5.41) is 41.6. The van der Waals surface area contributed by atoms with Crippen LogP contribution in [0.5, 0.6) is 11.5 Å². The normalized spacial score (nSPS) is 31.4. The van der Waals surface area contributed by atoms with Crippen molar-refractivity contribution in [1.29, 1.82) is 0 Å². The molecule has 4 rings (SSSR count). The maximum Gasteiger partial charge on any atom is 0.336 e. The average molecular weight is 422 g/mol. The average Bonchev–Trinajstić information content (AvgIpc) is 3.12. The van der Waals surface area contributed by atoms with E-state index in [9.17, 15) is 25.2 Å². The van der Waals surface area contributed by atoms with Crippen LogP contribution in [0.2, 0.25) is 0 Å². The number of aliphatic hydroxyl groups is 4. The van der Waals surface area contributed by atoms with Gasteiger partial charge >= 0.3 is 5.63 Å². The molecule has 1 aromatic heterocycles. The lowest BCUT2D eigenvalue weighted by Gasteiger charge is -2.40. The number of hydrogen-bond acceptors (Lipinski definition) is 9. The highest BCUT2D eigenvalue weighted by atomic mass is 16.7. The van der Waals surface area contributed by atoms with E-state index in [4.69, 9.17) is 18.6 Å². The van der Waals surface area contributed by atoms with Crippen LogP contribution in [-0.2, 0) is 11.2 Å². The fraction of sp³-hybridized carbons (Fsp3) is 0.571. The first-order valence-electron chi connectivity index (χ1n) is 9.95. The van der Waals surface area contributed by atoms with Crippen molar-refractivity contribution in [2.24, 2.45) is 0 Å². The van der Waals surface area contributed by atoms with Crippen molar-refractivity contribution in [2.75, 3.05) is 0 Å². The van der Waals surface area contributed by atoms with Crippen LogP contribution < -0.4 is 15.1 Å². The molecule has 6 atom stereocenters. The third-order valence-corrected chi connectivity index (χ3v) is 5.66. The molecule has 0 aliphatic carbocycles. The van der Waals surface area contributed by atoms with Crippen LogP contribution in [0.25, 0.3) is 11.0 Å². The fourth-order valence-corrected chi connectivity index (χ4v) is 3.85. The van der Waals surface area contributed by atoms with Gasteiger partial charge in [0.15, 0.2) is 11.3 Å². The van der Waals surface area contributed by atoms with E-state index >= 15 is 0 Å². The first-order chi connectivity index (χ1) is 14.1. The summed E-state index contributed by atoms with van der Waals surface area (Å²) >= 11 is 0. The minimum atomic E-state index is -1.55. The van der Waals surface area contributed by atoms with Crippen LogP contribution in [0.15, 0.2) is 27.4 Å². The molecule has 0 spiro atoms. The van der Waals surface area contributed by atoms with Crippen LogP contribution in [0.4, 0.5) is 0 Å². The molecular formula is C21H26O9. The Kier molecular flexibility index (Phi) is 5.27. The van der Waals surface area contributed by atoms with E-state index in [0.29, 0.717) is 18.2 Å². The maximum absolute atomic E-state index is 11.9.